The monoisotopic (exact) mass is 277 g/mol. The maximum absolute atomic E-state index is 9.71. The first kappa shape index (κ1) is 13.7. The standard InChI is InChI=1S/C16H23NO3/c18-11-16(7-2-1-3-8-16)10-17-9-13-5-4-6-14-15(13)20-12-19-14/h4-6,17-18H,1-3,7-12H2. The molecule has 0 saturated heterocycles. The number of nitrogens with one attached hydrogen (secondary N) is 1. The molecule has 1 fully saturated rings. The molecular weight excluding hydrogens is 254 g/mol. The number of rotatable bonds is 5. The van der Waals surface area contributed by atoms with Crippen LogP contribution >= 0.6 is 0 Å². The van der Waals surface area contributed by atoms with Crippen molar-refractivity contribution in [2.24, 2.45) is 5.41 Å². The van der Waals surface area contributed by atoms with Crippen molar-refractivity contribution in [2.75, 3.05) is 19.9 Å². The topological polar surface area (TPSA) is 50.7 Å². The Labute approximate surface area is 120 Å². The summed E-state index contributed by atoms with van der Waals surface area (Å²) in [6, 6.07) is 5.99. The SMILES string of the molecule is OCC1(CNCc2cccc3c2OCO3)CCCCC1. The van der Waals surface area contributed by atoms with Gasteiger partial charge in [-0.2, -0.15) is 0 Å². The quantitative estimate of drug-likeness (QED) is 0.868. The van der Waals surface area contributed by atoms with Crippen LogP contribution in [0.25, 0.3) is 0 Å². The van der Waals surface area contributed by atoms with Gasteiger partial charge in [0.1, 0.15) is 0 Å². The smallest absolute Gasteiger partial charge is 0.231 e. The van der Waals surface area contributed by atoms with Crippen molar-refractivity contribution in [3.63, 3.8) is 0 Å². The average molecular weight is 277 g/mol. The van der Waals surface area contributed by atoms with Crippen LogP contribution in [-0.4, -0.2) is 25.1 Å². The van der Waals surface area contributed by atoms with E-state index in [-0.39, 0.29) is 12.0 Å². The number of hydrogen-bond donors (Lipinski definition) is 2. The van der Waals surface area contributed by atoms with Crippen molar-refractivity contribution in [3.05, 3.63) is 23.8 Å². The van der Waals surface area contributed by atoms with Crippen molar-refractivity contribution < 1.29 is 14.6 Å². The molecule has 1 aromatic rings. The molecule has 0 spiro atoms. The molecule has 1 aliphatic carbocycles. The highest BCUT2D eigenvalue weighted by atomic mass is 16.7. The molecule has 1 saturated carbocycles. The van der Waals surface area contributed by atoms with Crippen LogP contribution in [0.5, 0.6) is 11.5 Å². The maximum atomic E-state index is 9.71. The normalized spacial score (nSPS) is 20.1. The Morgan fingerprint density at radius 2 is 2.00 bits per heavy atom. The van der Waals surface area contributed by atoms with Gasteiger partial charge in [0.15, 0.2) is 11.5 Å². The van der Waals surface area contributed by atoms with E-state index in [0.717, 1.165) is 43.0 Å². The van der Waals surface area contributed by atoms with Crippen molar-refractivity contribution >= 4 is 0 Å². The summed E-state index contributed by atoms with van der Waals surface area (Å²) in [6.45, 7) is 2.22. The van der Waals surface area contributed by atoms with Crippen molar-refractivity contribution in [1.82, 2.24) is 5.32 Å². The number of benzene rings is 1. The van der Waals surface area contributed by atoms with Gasteiger partial charge >= 0.3 is 0 Å². The summed E-state index contributed by atoms with van der Waals surface area (Å²) in [7, 11) is 0. The molecule has 1 heterocycles. The van der Waals surface area contributed by atoms with Crippen LogP contribution in [0.15, 0.2) is 18.2 Å². The third-order valence-corrected chi connectivity index (χ3v) is 4.54. The summed E-state index contributed by atoms with van der Waals surface area (Å²) in [4.78, 5) is 0. The molecule has 4 nitrogen and oxygen atoms in total. The van der Waals surface area contributed by atoms with Gasteiger partial charge in [0.2, 0.25) is 6.79 Å². The molecule has 3 rings (SSSR count). The lowest BCUT2D eigenvalue weighted by atomic mass is 9.74. The summed E-state index contributed by atoms with van der Waals surface area (Å²) in [5, 5.41) is 13.2. The van der Waals surface area contributed by atoms with Crippen LogP contribution in [0.1, 0.15) is 37.7 Å². The van der Waals surface area contributed by atoms with Crippen molar-refractivity contribution in [3.8, 4) is 11.5 Å². The zero-order valence-corrected chi connectivity index (χ0v) is 11.9. The van der Waals surface area contributed by atoms with Crippen molar-refractivity contribution in [1.29, 1.82) is 0 Å². The highest BCUT2D eigenvalue weighted by molar-refractivity contribution is 5.48. The number of fused-ring (bicyclic) bond motifs is 1. The summed E-state index contributed by atoms with van der Waals surface area (Å²) in [6.07, 6.45) is 6.03. The molecule has 0 unspecified atom stereocenters. The fourth-order valence-electron chi connectivity index (χ4n) is 3.28. The number of para-hydroxylation sites is 1. The summed E-state index contributed by atoms with van der Waals surface area (Å²) in [5.41, 5.74) is 1.21. The fourth-order valence-corrected chi connectivity index (χ4v) is 3.28. The van der Waals surface area contributed by atoms with Crippen LogP contribution < -0.4 is 14.8 Å². The Balaban J connectivity index is 1.58. The minimum absolute atomic E-state index is 0.0769. The van der Waals surface area contributed by atoms with Gasteiger partial charge in [0.25, 0.3) is 0 Å². The molecule has 0 radical (unpaired) electrons. The lowest BCUT2D eigenvalue weighted by molar-refractivity contribution is 0.0810. The first-order valence-corrected chi connectivity index (χ1v) is 7.52. The molecule has 1 aromatic carbocycles. The first-order valence-electron chi connectivity index (χ1n) is 7.52. The van der Waals surface area contributed by atoms with Crippen LogP contribution in [0.4, 0.5) is 0 Å². The first-order chi connectivity index (χ1) is 9.83. The minimum Gasteiger partial charge on any atom is -0.454 e. The highest BCUT2D eigenvalue weighted by Gasteiger charge is 2.31. The van der Waals surface area contributed by atoms with E-state index in [1.54, 1.807) is 0 Å². The summed E-state index contributed by atoms with van der Waals surface area (Å²) < 4.78 is 10.9. The number of ether oxygens (including phenoxy) is 2. The van der Waals surface area contributed by atoms with E-state index in [2.05, 4.69) is 11.4 Å². The molecule has 0 amide bonds. The van der Waals surface area contributed by atoms with E-state index in [4.69, 9.17) is 9.47 Å². The zero-order chi connectivity index (χ0) is 13.8. The second-order valence-electron chi connectivity index (χ2n) is 5.97. The van der Waals surface area contributed by atoms with Crippen LogP contribution in [0.3, 0.4) is 0 Å². The third-order valence-electron chi connectivity index (χ3n) is 4.54. The molecule has 0 atom stereocenters. The van der Waals surface area contributed by atoms with Crippen LogP contribution in [0, 0.1) is 5.41 Å². The minimum atomic E-state index is 0.0769. The van der Waals surface area contributed by atoms with Gasteiger partial charge in [0, 0.05) is 30.7 Å². The Morgan fingerprint density at radius 3 is 2.80 bits per heavy atom. The second kappa shape index (κ2) is 6.02. The Hall–Kier alpha value is -1.26. The van der Waals surface area contributed by atoms with E-state index in [0.29, 0.717) is 6.79 Å². The predicted molar refractivity (Wildman–Crippen MR) is 76.9 cm³/mol. The molecule has 0 bridgehead atoms. The Kier molecular flexibility index (Phi) is 4.13. The lowest BCUT2D eigenvalue weighted by Gasteiger charge is -2.35. The number of aliphatic hydroxyl groups excluding tert-OH is 1. The summed E-state index contributed by atoms with van der Waals surface area (Å²) in [5.74, 6) is 1.69. The summed E-state index contributed by atoms with van der Waals surface area (Å²) >= 11 is 0. The van der Waals surface area contributed by atoms with Gasteiger partial charge in [-0.25, -0.2) is 0 Å². The van der Waals surface area contributed by atoms with E-state index >= 15 is 0 Å². The molecule has 110 valence electrons. The molecule has 0 aromatic heterocycles. The van der Waals surface area contributed by atoms with Crippen LogP contribution in [-0.2, 0) is 6.54 Å². The van der Waals surface area contributed by atoms with Crippen molar-refractivity contribution in [2.45, 2.75) is 38.6 Å². The molecular formula is C16H23NO3. The van der Waals surface area contributed by atoms with Gasteiger partial charge in [-0.3, -0.25) is 0 Å². The average Bonchev–Trinajstić information content (AvgIpc) is 2.98. The molecule has 4 heteroatoms. The largest absolute Gasteiger partial charge is 0.454 e. The second-order valence-corrected chi connectivity index (χ2v) is 5.97. The lowest BCUT2D eigenvalue weighted by Crippen LogP contribution is -2.38. The molecule has 1 aliphatic heterocycles. The van der Waals surface area contributed by atoms with Gasteiger partial charge < -0.3 is 19.9 Å². The molecule has 20 heavy (non-hydrogen) atoms. The zero-order valence-electron chi connectivity index (χ0n) is 11.9. The fraction of sp³-hybridized carbons (Fsp3) is 0.625. The maximum Gasteiger partial charge on any atom is 0.231 e. The van der Waals surface area contributed by atoms with Gasteiger partial charge in [0.05, 0.1) is 0 Å². The van der Waals surface area contributed by atoms with Crippen LogP contribution in [0.2, 0.25) is 0 Å². The van der Waals surface area contributed by atoms with E-state index in [1.807, 2.05) is 12.1 Å². The number of aliphatic hydroxyl groups is 1. The van der Waals surface area contributed by atoms with E-state index in [1.165, 1.54) is 19.3 Å². The highest BCUT2D eigenvalue weighted by Crippen LogP contribution is 2.37. The van der Waals surface area contributed by atoms with Gasteiger partial charge in [-0.15, -0.1) is 0 Å². The van der Waals surface area contributed by atoms with Gasteiger partial charge in [-0.05, 0) is 18.9 Å². The Morgan fingerprint density at radius 1 is 1.15 bits per heavy atom. The third kappa shape index (κ3) is 2.76. The molecule has 2 N–H and O–H groups in total. The van der Waals surface area contributed by atoms with E-state index < -0.39 is 0 Å². The van der Waals surface area contributed by atoms with Gasteiger partial charge in [-0.1, -0.05) is 31.4 Å². The molecule has 2 aliphatic rings. The predicted octanol–water partition coefficient (Wildman–Crippen LogP) is 2.45. The Bertz CT molecular complexity index is 455. The number of hydrogen-bond acceptors (Lipinski definition) is 4. The van der Waals surface area contributed by atoms with E-state index in [9.17, 15) is 5.11 Å².